The summed E-state index contributed by atoms with van der Waals surface area (Å²) in [5, 5.41) is 9.43. The zero-order chi connectivity index (χ0) is 9.14. The molecule has 0 fully saturated rings. The molecule has 12 heavy (non-hydrogen) atoms. The molecular formula is C9H12ClNO. The van der Waals surface area contributed by atoms with E-state index in [0.29, 0.717) is 5.02 Å². The largest absolute Gasteiger partial charge is 0.394 e. The first-order valence-corrected chi connectivity index (χ1v) is 4.15. The SMILES string of the molecule is Cc1ccc(Cl)c([C@H](N)CO)c1. The third-order valence-electron chi connectivity index (χ3n) is 1.75. The predicted octanol–water partition coefficient (Wildman–Crippen LogP) is 1.64. The zero-order valence-corrected chi connectivity index (χ0v) is 7.67. The second-order valence-corrected chi connectivity index (χ2v) is 3.22. The highest BCUT2D eigenvalue weighted by atomic mass is 35.5. The third kappa shape index (κ3) is 1.97. The fourth-order valence-electron chi connectivity index (χ4n) is 1.05. The zero-order valence-electron chi connectivity index (χ0n) is 6.92. The van der Waals surface area contributed by atoms with Gasteiger partial charge in [-0.25, -0.2) is 0 Å². The van der Waals surface area contributed by atoms with Crippen LogP contribution in [-0.4, -0.2) is 11.7 Å². The molecule has 1 atom stereocenters. The standard InChI is InChI=1S/C9H12ClNO/c1-6-2-3-8(10)7(4-6)9(11)5-12/h2-4,9,12H,5,11H2,1H3/t9-/m1/s1. The molecule has 0 saturated carbocycles. The van der Waals surface area contributed by atoms with E-state index in [1.165, 1.54) is 0 Å². The van der Waals surface area contributed by atoms with Crippen molar-refractivity contribution in [3.63, 3.8) is 0 Å². The van der Waals surface area contributed by atoms with Crippen LogP contribution in [0.5, 0.6) is 0 Å². The average Bonchev–Trinajstić information content (AvgIpc) is 2.08. The molecule has 3 heteroatoms. The lowest BCUT2D eigenvalue weighted by Crippen LogP contribution is -2.14. The fourth-order valence-corrected chi connectivity index (χ4v) is 1.30. The highest BCUT2D eigenvalue weighted by Gasteiger charge is 2.08. The summed E-state index contributed by atoms with van der Waals surface area (Å²) in [7, 11) is 0. The van der Waals surface area contributed by atoms with E-state index >= 15 is 0 Å². The Kier molecular flexibility index (Phi) is 3.09. The van der Waals surface area contributed by atoms with Gasteiger partial charge in [0, 0.05) is 5.02 Å². The minimum Gasteiger partial charge on any atom is -0.394 e. The van der Waals surface area contributed by atoms with Crippen LogP contribution in [0.15, 0.2) is 18.2 Å². The summed E-state index contributed by atoms with van der Waals surface area (Å²) in [6.45, 7) is 1.88. The Labute approximate surface area is 77.0 Å². The molecule has 3 N–H and O–H groups in total. The van der Waals surface area contributed by atoms with Gasteiger partial charge >= 0.3 is 0 Å². The Balaban J connectivity index is 3.04. The summed E-state index contributed by atoms with van der Waals surface area (Å²) in [4.78, 5) is 0. The lowest BCUT2D eigenvalue weighted by molar-refractivity contribution is 0.268. The van der Waals surface area contributed by atoms with Gasteiger partial charge in [0.05, 0.1) is 12.6 Å². The molecule has 1 rings (SSSR count). The first kappa shape index (κ1) is 9.52. The Morgan fingerprint density at radius 1 is 1.58 bits per heavy atom. The Hall–Kier alpha value is -0.570. The van der Waals surface area contributed by atoms with Gasteiger partial charge in [0.15, 0.2) is 0 Å². The molecule has 0 saturated heterocycles. The molecule has 2 nitrogen and oxygen atoms in total. The van der Waals surface area contributed by atoms with Crippen molar-refractivity contribution in [1.29, 1.82) is 0 Å². The summed E-state index contributed by atoms with van der Waals surface area (Å²) in [5.74, 6) is 0. The Morgan fingerprint density at radius 3 is 2.83 bits per heavy atom. The molecule has 0 aliphatic heterocycles. The predicted molar refractivity (Wildman–Crippen MR) is 50.2 cm³/mol. The quantitative estimate of drug-likeness (QED) is 0.736. The van der Waals surface area contributed by atoms with Gasteiger partial charge in [-0.2, -0.15) is 0 Å². The van der Waals surface area contributed by atoms with Crippen LogP contribution in [0.2, 0.25) is 5.02 Å². The second kappa shape index (κ2) is 3.90. The Morgan fingerprint density at radius 2 is 2.25 bits per heavy atom. The van der Waals surface area contributed by atoms with Gasteiger partial charge in [0.25, 0.3) is 0 Å². The van der Waals surface area contributed by atoms with Crippen molar-refractivity contribution in [2.24, 2.45) is 5.73 Å². The van der Waals surface area contributed by atoms with Crippen LogP contribution in [0.25, 0.3) is 0 Å². The number of aryl methyl sites for hydroxylation is 1. The van der Waals surface area contributed by atoms with Crippen molar-refractivity contribution in [1.82, 2.24) is 0 Å². The van der Waals surface area contributed by atoms with Gasteiger partial charge in [-0.15, -0.1) is 0 Å². The van der Waals surface area contributed by atoms with Gasteiger partial charge in [-0.1, -0.05) is 29.3 Å². The number of hydrogen-bond donors (Lipinski definition) is 2. The molecule has 1 aromatic carbocycles. The molecule has 0 aliphatic carbocycles. The normalized spacial score (nSPS) is 13.0. The maximum atomic E-state index is 8.82. The van der Waals surface area contributed by atoms with Crippen LogP contribution in [0, 0.1) is 6.92 Å². The molecule has 0 amide bonds. The molecule has 0 heterocycles. The summed E-state index contributed by atoms with van der Waals surface area (Å²) < 4.78 is 0. The number of hydrogen-bond acceptors (Lipinski definition) is 2. The molecule has 0 aromatic heterocycles. The molecule has 1 aromatic rings. The first-order chi connectivity index (χ1) is 5.65. The van der Waals surface area contributed by atoms with Gasteiger partial charge in [0.1, 0.15) is 0 Å². The number of nitrogens with two attached hydrogens (primary N) is 1. The number of aliphatic hydroxyl groups is 1. The highest BCUT2D eigenvalue weighted by Crippen LogP contribution is 2.22. The van der Waals surface area contributed by atoms with Crippen molar-refractivity contribution in [2.45, 2.75) is 13.0 Å². The maximum absolute atomic E-state index is 8.82. The minimum absolute atomic E-state index is 0.0802. The number of halogens is 1. The topological polar surface area (TPSA) is 46.2 Å². The summed E-state index contributed by atoms with van der Waals surface area (Å²) in [6.07, 6.45) is 0. The number of aliphatic hydroxyl groups excluding tert-OH is 1. The van der Waals surface area contributed by atoms with Crippen LogP contribution in [-0.2, 0) is 0 Å². The third-order valence-corrected chi connectivity index (χ3v) is 2.09. The Bertz CT molecular complexity index is 275. The van der Waals surface area contributed by atoms with E-state index in [4.69, 9.17) is 22.4 Å². The van der Waals surface area contributed by atoms with Crippen molar-refractivity contribution in [3.8, 4) is 0 Å². The van der Waals surface area contributed by atoms with Crippen LogP contribution in [0.4, 0.5) is 0 Å². The molecule has 0 aliphatic rings. The van der Waals surface area contributed by atoms with Gasteiger partial charge in [-0.3, -0.25) is 0 Å². The molecule has 0 spiro atoms. The fraction of sp³-hybridized carbons (Fsp3) is 0.333. The second-order valence-electron chi connectivity index (χ2n) is 2.81. The average molecular weight is 186 g/mol. The minimum atomic E-state index is -0.377. The smallest absolute Gasteiger partial charge is 0.0624 e. The molecule has 0 bridgehead atoms. The molecule has 0 radical (unpaired) electrons. The maximum Gasteiger partial charge on any atom is 0.0624 e. The summed E-state index contributed by atoms with van der Waals surface area (Å²) in [6, 6.07) is 5.22. The molecular weight excluding hydrogens is 174 g/mol. The summed E-state index contributed by atoms with van der Waals surface area (Å²) >= 11 is 5.88. The van der Waals surface area contributed by atoms with E-state index in [0.717, 1.165) is 11.1 Å². The van der Waals surface area contributed by atoms with E-state index in [2.05, 4.69) is 0 Å². The lowest BCUT2D eigenvalue weighted by Gasteiger charge is -2.10. The first-order valence-electron chi connectivity index (χ1n) is 3.77. The van der Waals surface area contributed by atoms with Gasteiger partial charge in [0.2, 0.25) is 0 Å². The number of rotatable bonds is 2. The van der Waals surface area contributed by atoms with Crippen LogP contribution >= 0.6 is 11.6 Å². The van der Waals surface area contributed by atoms with Crippen LogP contribution in [0.3, 0.4) is 0 Å². The van der Waals surface area contributed by atoms with E-state index in [9.17, 15) is 0 Å². The van der Waals surface area contributed by atoms with Gasteiger partial charge < -0.3 is 10.8 Å². The van der Waals surface area contributed by atoms with Crippen molar-refractivity contribution in [3.05, 3.63) is 34.3 Å². The van der Waals surface area contributed by atoms with Gasteiger partial charge in [-0.05, 0) is 18.6 Å². The monoisotopic (exact) mass is 185 g/mol. The van der Waals surface area contributed by atoms with E-state index < -0.39 is 0 Å². The number of benzene rings is 1. The van der Waals surface area contributed by atoms with Crippen molar-refractivity contribution < 1.29 is 5.11 Å². The van der Waals surface area contributed by atoms with E-state index in [-0.39, 0.29) is 12.6 Å². The van der Waals surface area contributed by atoms with Crippen molar-refractivity contribution in [2.75, 3.05) is 6.61 Å². The van der Waals surface area contributed by atoms with E-state index in [1.807, 2.05) is 19.1 Å². The van der Waals surface area contributed by atoms with E-state index in [1.54, 1.807) is 6.07 Å². The highest BCUT2D eigenvalue weighted by molar-refractivity contribution is 6.31. The summed E-state index contributed by atoms with van der Waals surface area (Å²) in [5.41, 5.74) is 7.53. The van der Waals surface area contributed by atoms with Crippen LogP contribution in [0.1, 0.15) is 17.2 Å². The molecule has 66 valence electrons. The van der Waals surface area contributed by atoms with Crippen LogP contribution < -0.4 is 5.73 Å². The lowest BCUT2D eigenvalue weighted by atomic mass is 10.1. The van der Waals surface area contributed by atoms with Crippen molar-refractivity contribution >= 4 is 11.6 Å². The molecule has 0 unspecified atom stereocenters.